The third-order valence-corrected chi connectivity index (χ3v) is 3.34. The largest absolute Gasteiger partial charge is 0.508 e. The van der Waals surface area contributed by atoms with Gasteiger partial charge >= 0.3 is 0 Å². The van der Waals surface area contributed by atoms with Gasteiger partial charge in [0.25, 0.3) is 0 Å². The normalized spacial score (nSPS) is 23.9. The van der Waals surface area contributed by atoms with E-state index in [0.717, 1.165) is 18.5 Å². The van der Waals surface area contributed by atoms with Crippen LogP contribution >= 0.6 is 0 Å². The Morgan fingerprint density at radius 2 is 2.29 bits per heavy atom. The zero-order valence-electron chi connectivity index (χ0n) is 10.3. The molecule has 1 aromatic carbocycles. The van der Waals surface area contributed by atoms with Crippen molar-refractivity contribution in [3.63, 3.8) is 0 Å². The van der Waals surface area contributed by atoms with Crippen LogP contribution in [0.2, 0.25) is 0 Å². The highest BCUT2D eigenvalue weighted by Crippen LogP contribution is 2.33. The Balaban J connectivity index is 2.36. The second kappa shape index (κ2) is 4.28. The van der Waals surface area contributed by atoms with Gasteiger partial charge in [0.1, 0.15) is 5.75 Å². The summed E-state index contributed by atoms with van der Waals surface area (Å²) in [6, 6.07) is 7.33. The minimum Gasteiger partial charge on any atom is -0.508 e. The lowest BCUT2D eigenvalue weighted by Gasteiger charge is -2.36. The first kappa shape index (κ1) is 11.8. The van der Waals surface area contributed by atoms with E-state index in [4.69, 9.17) is 5.73 Å². The van der Waals surface area contributed by atoms with Gasteiger partial charge in [-0.05, 0) is 31.0 Å². The van der Waals surface area contributed by atoms with E-state index in [1.807, 2.05) is 12.1 Å². The van der Waals surface area contributed by atoms with Crippen LogP contribution in [0.5, 0.6) is 5.75 Å². The van der Waals surface area contributed by atoms with Crippen molar-refractivity contribution in [3.05, 3.63) is 29.8 Å². The molecule has 0 aromatic heterocycles. The molecule has 0 bridgehead atoms. The Hall–Kier alpha value is -1.71. The summed E-state index contributed by atoms with van der Waals surface area (Å²) in [5.41, 5.74) is 6.74. The van der Waals surface area contributed by atoms with Gasteiger partial charge < -0.3 is 15.7 Å². The minimum absolute atomic E-state index is 0.237. The summed E-state index contributed by atoms with van der Waals surface area (Å²) in [7, 11) is 0. The highest BCUT2D eigenvalue weighted by Gasteiger charge is 2.38. The standard InChI is InChI=1S/C13H19N3O/c1-3-7-16-12(14)15-9-13(16,2)10-5-4-6-11(17)8-10/h4-6,8,17H,3,7,9H2,1-2H3,(H2,14,15). The molecule has 92 valence electrons. The van der Waals surface area contributed by atoms with Gasteiger partial charge in [-0.1, -0.05) is 19.1 Å². The second-order valence-corrected chi connectivity index (χ2v) is 4.65. The number of rotatable bonds is 3. The molecule has 2 rings (SSSR count). The van der Waals surface area contributed by atoms with Crippen LogP contribution in [0.1, 0.15) is 25.8 Å². The zero-order chi connectivity index (χ0) is 12.5. The van der Waals surface area contributed by atoms with Crippen molar-refractivity contribution in [1.82, 2.24) is 4.90 Å². The number of nitrogens with two attached hydrogens (primary N) is 1. The van der Waals surface area contributed by atoms with E-state index >= 15 is 0 Å². The molecule has 1 heterocycles. The van der Waals surface area contributed by atoms with Crippen LogP contribution in [0.3, 0.4) is 0 Å². The number of phenolic OH excluding ortho intramolecular Hbond substituents is 1. The fourth-order valence-electron chi connectivity index (χ4n) is 2.33. The first-order valence-corrected chi connectivity index (χ1v) is 5.95. The maximum atomic E-state index is 9.58. The summed E-state index contributed by atoms with van der Waals surface area (Å²) < 4.78 is 0. The fraction of sp³-hybridized carbons (Fsp3) is 0.462. The van der Waals surface area contributed by atoms with Crippen LogP contribution in [0.15, 0.2) is 29.3 Å². The van der Waals surface area contributed by atoms with E-state index in [0.29, 0.717) is 12.5 Å². The number of hydrogen-bond donors (Lipinski definition) is 2. The molecule has 4 nitrogen and oxygen atoms in total. The molecule has 1 aliphatic rings. The minimum atomic E-state index is -0.237. The molecule has 17 heavy (non-hydrogen) atoms. The van der Waals surface area contributed by atoms with E-state index < -0.39 is 0 Å². The van der Waals surface area contributed by atoms with E-state index in [9.17, 15) is 5.11 Å². The van der Waals surface area contributed by atoms with Crippen molar-refractivity contribution >= 4 is 5.96 Å². The topological polar surface area (TPSA) is 61.8 Å². The number of nitrogens with zero attached hydrogens (tertiary/aromatic N) is 2. The molecule has 1 aliphatic heterocycles. The second-order valence-electron chi connectivity index (χ2n) is 4.65. The molecule has 0 radical (unpaired) electrons. The summed E-state index contributed by atoms with van der Waals surface area (Å²) in [5, 5.41) is 9.58. The first-order valence-electron chi connectivity index (χ1n) is 5.95. The zero-order valence-corrected chi connectivity index (χ0v) is 10.3. The predicted octanol–water partition coefficient (Wildman–Crippen LogP) is 1.65. The molecule has 1 aromatic rings. The number of aliphatic imine (C=N–C) groups is 1. The van der Waals surface area contributed by atoms with Gasteiger partial charge in [-0.15, -0.1) is 0 Å². The monoisotopic (exact) mass is 233 g/mol. The van der Waals surface area contributed by atoms with E-state index in [-0.39, 0.29) is 11.3 Å². The van der Waals surface area contributed by atoms with Crippen LogP contribution in [0.25, 0.3) is 0 Å². The van der Waals surface area contributed by atoms with E-state index in [2.05, 4.69) is 23.7 Å². The summed E-state index contributed by atoms with van der Waals surface area (Å²) in [6.07, 6.45) is 1.02. The molecule has 0 aliphatic carbocycles. The van der Waals surface area contributed by atoms with Crippen molar-refractivity contribution in [1.29, 1.82) is 0 Å². The number of phenols is 1. The van der Waals surface area contributed by atoms with E-state index in [1.54, 1.807) is 12.1 Å². The van der Waals surface area contributed by atoms with Gasteiger partial charge in [0, 0.05) is 6.54 Å². The SMILES string of the molecule is CCCN1C(N)=NCC1(C)c1cccc(O)c1. The Morgan fingerprint density at radius 1 is 1.53 bits per heavy atom. The third kappa shape index (κ3) is 1.95. The van der Waals surface area contributed by atoms with Crippen LogP contribution in [-0.4, -0.2) is 29.1 Å². The van der Waals surface area contributed by atoms with Crippen LogP contribution in [-0.2, 0) is 5.54 Å². The first-order chi connectivity index (χ1) is 8.08. The molecule has 1 atom stereocenters. The predicted molar refractivity (Wildman–Crippen MR) is 68.9 cm³/mol. The molecule has 3 N–H and O–H groups in total. The number of hydrogen-bond acceptors (Lipinski definition) is 4. The van der Waals surface area contributed by atoms with Crippen LogP contribution in [0.4, 0.5) is 0 Å². The van der Waals surface area contributed by atoms with Gasteiger partial charge in [0.2, 0.25) is 0 Å². The quantitative estimate of drug-likeness (QED) is 0.834. The maximum Gasteiger partial charge on any atom is 0.192 e. The average molecular weight is 233 g/mol. The Labute approximate surface area is 102 Å². The molecule has 0 fully saturated rings. The summed E-state index contributed by atoms with van der Waals surface area (Å²) >= 11 is 0. The van der Waals surface area contributed by atoms with E-state index in [1.165, 1.54) is 0 Å². The Morgan fingerprint density at radius 3 is 2.94 bits per heavy atom. The molecular formula is C13H19N3O. The molecular weight excluding hydrogens is 214 g/mol. The lowest BCUT2D eigenvalue weighted by atomic mass is 9.91. The number of aromatic hydroxyl groups is 1. The Kier molecular flexibility index (Phi) is 2.96. The number of guanidine groups is 1. The van der Waals surface area contributed by atoms with Crippen molar-refractivity contribution in [3.8, 4) is 5.75 Å². The van der Waals surface area contributed by atoms with Gasteiger partial charge in [-0.2, -0.15) is 0 Å². The lowest BCUT2D eigenvalue weighted by molar-refractivity contribution is 0.224. The maximum absolute atomic E-state index is 9.58. The van der Waals surface area contributed by atoms with Crippen LogP contribution in [0, 0.1) is 0 Å². The summed E-state index contributed by atoms with van der Waals surface area (Å²) in [5.74, 6) is 0.878. The van der Waals surface area contributed by atoms with Crippen LogP contribution < -0.4 is 5.73 Å². The van der Waals surface area contributed by atoms with Gasteiger partial charge in [0.05, 0.1) is 12.1 Å². The molecule has 0 spiro atoms. The molecule has 0 saturated carbocycles. The molecule has 1 unspecified atom stereocenters. The third-order valence-electron chi connectivity index (χ3n) is 3.34. The Bertz CT molecular complexity index is 444. The smallest absolute Gasteiger partial charge is 0.192 e. The van der Waals surface area contributed by atoms with Crippen molar-refractivity contribution in [2.45, 2.75) is 25.8 Å². The molecule has 0 amide bonds. The summed E-state index contributed by atoms with van der Waals surface area (Å²) in [4.78, 5) is 6.45. The van der Waals surface area contributed by atoms with Gasteiger partial charge in [-0.3, -0.25) is 4.99 Å². The summed E-state index contributed by atoms with van der Waals surface area (Å²) in [6.45, 7) is 5.75. The average Bonchev–Trinajstić information content (AvgIpc) is 2.59. The van der Waals surface area contributed by atoms with Crippen molar-refractivity contribution in [2.75, 3.05) is 13.1 Å². The molecule has 4 heteroatoms. The van der Waals surface area contributed by atoms with Crippen molar-refractivity contribution in [2.24, 2.45) is 10.7 Å². The van der Waals surface area contributed by atoms with Gasteiger partial charge in [-0.25, -0.2) is 0 Å². The highest BCUT2D eigenvalue weighted by atomic mass is 16.3. The highest BCUT2D eigenvalue weighted by molar-refractivity contribution is 5.81. The molecule has 0 saturated heterocycles. The number of benzene rings is 1. The fourth-order valence-corrected chi connectivity index (χ4v) is 2.33. The van der Waals surface area contributed by atoms with Crippen molar-refractivity contribution < 1.29 is 5.11 Å². The lowest BCUT2D eigenvalue weighted by Crippen LogP contribution is -2.47. The van der Waals surface area contributed by atoms with Gasteiger partial charge in [0.15, 0.2) is 5.96 Å².